The number of hydrogen-bond acceptors (Lipinski definition) is 5. The summed E-state index contributed by atoms with van der Waals surface area (Å²) >= 11 is 6.27. The van der Waals surface area contributed by atoms with E-state index in [0.29, 0.717) is 10.7 Å². The number of carboxylic acids is 1. The molecule has 1 saturated heterocycles. The number of rotatable bonds is 5. The molecule has 0 aromatic carbocycles. The van der Waals surface area contributed by atoms with Crippen molar-refractivity contribution in [1.29, 1.82) is 0 Å². The van der Waals surface area contributed by atoms with Crippen LogP contribution in [0.5, 0.6) is 0 Å². The van der Waals surface area contributed by atoms with Crippen LogP contribution in [-0.2, 0) is 9.59 Å². The summed E-state index contributed by atoms with van der Waals surface area (Å²) in [6.45, 7) is 3.50. The van der Waals surface area contributed by atoms with Crippen LogP contribution in [0.1, 0.15) is 19.6 Å². The molecular formula is C15H15NO4S2. The number of carbonyl (C=O) groups is 2. The Morgan fingerprint density at radius 1 is 1.50 bits per heavy atom. The summed E-state index contributed by atoms with van der Waals surface area (Å²) in [5.41, 5.74) is 0. The highest BCUT2D eigenvalue weighted by Gasteiger charge is 2.41. The monoisotopic (exact) mass is 337 g/mol. The Morgan fingerprint density at radius 2 is 2.23 bits per heavy atom. The van der Waals surface area contributed by atoms with E-state index in [1.54, 1.807) is 50.5 Å². The lowest BCUT2D eigenvalue weighted by molar-refractivity contribution is -0.146. The fraction of sp³-hybridized carbons (Fsp3) is 0.267. The van der Waals surface area contributed by atoms with E-state index in [1.165, 1.54) is 4.90 Å². The van der Waals surface area contributed by atoms with Gasteiger partial charge in [0.2, 0.25) is 0 Å². The second kappa shape index (κ2) is 6.93. The zero-order valence-corrected chi connectivity index (χ0v) is 13.7. The summed E-state index contributed by atoms with van der Waals surface area (Å²) < 4.78 is 5.41. The molecule has 1 aliphatic heterocycles. The Morgan fingerprint density at radius 3 is 2.77 bits per heavy atom. The number of thiocarbonyl (C=S) groups is 1. The Hall–Kier alpha value is -1.86. The highest BCUT2D eigenvalue weighted by Crippen LogP contribution is 2.34. The summed E-state index contributed by atoms with van der Waals surface area (Å²) in [5, 5.41) is 9.32. The average molecular weight is 337 g/mol. The van der Waals surface area contributed by atoms with Gasteiger partial charge in [0.05, 0.1) is 11.2 Å². The molecule has 0 aliphatic carbocycles. The van der Waals surface area contributed by atoms with Crippen molar-refractivity contribution in [3.63, 3.8) is 0 Å². The van der Waals surface area contributed by atoms with Gasteiger partial charge in [-0.25, -0.2) is 4.79 Å². The van der Waals surface area contributed by atoms with Crippen molar-refractivity contribution in [3.05, 3.63) is 41.2 Å². The van der Waals surface area contributed by atoms with Crippen molar-refractivity contribution >= 4 is 46.3 Å². The van der Waals surface area contributed by atoms with Gasteiger partial charge < -0.3 is 9.52 Å². The van der Waals surface area contributed by atoms with Gasteiger partial charge >= 0.3 is 5.97 Å². The first-order valence-electron chi connectivity index (χ1n) is 6.62. The third-order valence-electron chi connectivity index (χ3n) is 3.04. The van der Waals surface area contributed by atoms with E-state index < -0.39 is 12.0 Å². The maximum atomic E-state index is 12.4. The number of carboxylic acid groups (broad SMARTS) is 1. The SMILES string of the molecule is CC(C)[C@@H](C(=O)O)N1C(=O)/C(=C\C=C\c2ccco2)SC1=S. The smallest absolute Gasteiger partial charge is 0.327 e. The minimum atomic E-state index is -1.06. The number of thioether (sulfide) groups is 1. The Labute approximate surface area is 137 Å². The lowest BCUT2D eigenvalue weighted by atomic mass is 10.0. The van der Waals surface area contributed by atoms with Crippen molar-refractivity contribution in [3.8, 4) is 0 Å². The van der Waals surface area contributed by atoms with Crippen LogP contribution in [0.15, 0.2) is 39.9 Å². The van der Waals surface area contributed by atoms with Gasteiger partial charge in [-0.2, -0.15) is 0 Å². The lowest BCUT2D eigenvalue weighted by Gasteiger charge is -2.26. The van der Waals surface area contributed by atoms with Crippen LogP contribution < -0.4 is 0 Å². The second-order valence-electron chi connectivity index (χ2n) is 4.98. The minimum Gasteiger partial charge on any atom is -0.480 e. The molecule has 2 rings (SSSR count). The highest BCUT2D eigenvalue weighted by atomic mass is 32.2. The van der Waals surface area contributed by atoms with E-state index in [2.05, 4.69) is 0 Å². The first-order chi connectivity index (χ1) is 10.4. The van der Waals surface area contributed by atoms with Gasteiger partial charge in [0.25, 0.3) is 5.91 Å². The number of furan rings is 1. The van der Waals surface area contributed by atoms with Crippen LogP contribution >= 0.6 is 24.0 Å². The molecule has 1 aromatic rings. The fourth-order valence-corrected chi connectivity index (χ4v) is 3.32. The van der Waals surface area contributed by atoms with Gasteiger partial charge in [-0.3, -0.25) is 9.69 Å². The average Bonchev–Trinajstić information content (AvgIpc) is 3.02. The van der Waals surface area contributed by atoms with Crippen molar-refractivity contribution in [2.24, 2.45) is 5.92 Å². The van der Waals surface area contributed by atoms with Crippen molar-refractivity contribution in [1.82, 2.24) is 4.90 Å². The highest BCUT2D eigenvalue weighted by molar-refractivity contribution is 8.26. The molecule has 1 aromatic heterocycles. The largest absolute Gasteiger partial charge is 0.480 e. The molecule has 116 valence electrons. The summed E-state index contributed by atoms with van der Waals surface area (Å²) in [7, 11) is 0. The molecule has 22 heavy (non-hydrogen) atoms. The quantitative estimate of drug-likeness (QED) is 0.657. The van der Waals surface area contributed by atoms with Crippen LogP contribution in [0, 0.1) is 5.92 Å². The molecule has 0 spiro atoms. The molecule has 1 atom stereocenters. The first kappa shape index (κ1) is 16.5. The number of aliphatic carboxylic acids is 1. The lowest BCUT2D eigenvalue weighted by Crippen LogP contribution is -2.47. The van der Waals surface area contributed by atoms with E-state index in [4.69, 9.17) is 16.6 Å². The van der Waals surface area contributed by atoms with Crippen molar-refractivity contribution in [2.75, 3.05) is 0 Å². The van der Waals surface area contributed by atoms with E-state index in [9.17, 15) is 14.7 Å². The molecule has 1 N–H and O–H groups in total. The molecule has 0 saturated carbocycles. The summed E-state index contributed by atoms with van der Waals surface area (Å²) in [5.74, 6) is -1.01. The first-order valence-corrected chi connectivity index (χ1v) is 7.84. The Kier molecular flexibility index (Phi) is 5.20. The minimum absolute atomic E-state index is 0.238. The van der Waals surface area contributed by atoms with Gasteiger partial charge in [0.15, 0.2) is 0 Å². The predicted octanol–water partition coefficient (Wildman–Crippen LogP) is 3.15. The number of allylic oxidation sites excluding steroid dienone is 2. The fourth-order valence-electron chi connectivity index (χ4n) is 2.04. The number of hydrogen-bond donors (Lipinski definition) is 1. The van der Waals surface area contributed by atoms with E-state index >= 15 is 0 Å². The number of amides is 1. The van der Waals surface area contributed by atoms with E-state index in [0.717, 1.165) is 11.8 Å². The number of nitrogens with zero attached hydrogens (tertiary/aromatic N) is 1. The normalized spacial score (nSPS) is 18.9. The maximum Gasteiger partial charge on any atom is 0.327 e. The van der Waals surface area contributed by atoms with Gasteiger partial charge in [0, 0.05) is 0 Å². The molecule has 2 heterocycles. The van der Waals surface area contributed by atoms with Gasteiger partial charge in [-0.1, -0.05) is 43.9 Å². The Balaban J connectivity index is 2.19. The summed E-state index contributed by atoms with van der Waals surface area (Å²) in [6, 6.07) is 2.60. The van der Waals surface area contributed by atoms with Crippen molar-refractivity contribution < 1.29 is 19.1 Å². The Bertz CT molecular complexity index is 647. The predicted molar refractivity (Wildman–Crippen MR) is 89.1 cm³/mol. The van der Waals surface area contributed by atoms with Gasteiger partial charge in [-0.15, -0.1) is 0 Å². The molecule has 1 aliphatic rings. The van der Waals surface area contributed by atoms with Gasteiger partial charge in [-0.05, 0) is 30.2 Å². The molecule has 1 fully saturated rings. The standard InChI is InChI=1S/C15H15NO4S2/c1-9(2)12(14(18)19)16-13(17)11(22-15(16)21)7-3-5-10-6-4-8-20-10/h3-9,12H,1-2H3,(H,18,19)/b5-3+,11-7+/t12-/m0/s1. The molecule has 0 bridgehead atoms. The number of carbonyl (C=O) groups excluding carboxylic acids is 1. The summed E-state index contributed by atoms with van der Waals surface area (Å²) in [4.78, 5) is 25.4. The van der Waals surface area contributed by atoms with E-state index in [-0.39, 0.29) is 16.1 Å². The third kappa shape index (κ3) is 3.48. The zero-order chi connectivity index (χ0) is 16.3. The second-order valence-corrected chi connectivity index (χ2v) is 6.65. The van der Waals surface area contributed by atoms with Crippen molar-refractivity contribution in [2.45, 2.75) is 19.9 Å². The molecule has 7 heteroatoms. The zero-order valence-electron chi connectivity index (χ0n) is 12.1. The van der Waals surface area contributed by atoms with Gasteiger partial charge in [0.1, 0.15) is 16.1 Å². The summed E-state index contributed by atoms with van der Waals surface area (Å²) in [6.07, 6.45) is 6.56. The van der Waals surface area contributed by atoms with Crippen LogP contribution in [-0.4, -0.2) is 32.2 Å². The third-order valence-corrected chi connectivity index (χ3v) is 4.39. The molecule has 0 radical (unpaired) electrons. The van der Waals surface area contributed by atoms with Crippen LogP contribution in [0.4, 0.5) is 0 Å². The maximum absolute atomic E-state index is 12.4. The molecule has 0 unspecified atom stereocenters. The molecule has 1 amide bonds. The van der Waals surface area contributed by atoms with Crippen LogP contribution in [0.3, 0.4) is 0 Å². The topological polar surface area (TPSA) is 70.8 Å². The van der Waals surface area contributed by atoms with Crippen LogP contribution in [0.2, 0.25) is 0 Å². The molecule has 5 nitrogen and oxygen atoms in total. The van der Waals surface area contributed by atoms with Crippen LogP contribution in [0.25, 0.3) is 6.08 Å². The molecular weight excluding hydrogens is 322 g/mol. The van der Waals surface area contributed by atoms with E-state index in [1.807, 2.05) is 0 Å².